The van der Waals surface area contributed by atoms with E-state index in [1.807, 2.05) is 0 Å². The van der Waals surface area contributed by atoms with Crippen LogP contribution < -0.4 is 0 Å². The van der Waals surface area contributed by atoms with E-state index in [-0.39, 0.29) is 100 Å². The van der Waals surface area contributed by atoms with Gasteiger partial charge in [-0.3, -0.25) is 0 Å². The SMILES string of the molecule is C=C(C)C(=O)OCCOC1CC(C2CCC(OCCOC(=O)C(=C)COC)CC2)C(OCCOC(=O)C(=C)C)CC1C1CCC(OCCOC(=O)C(=C)COC)CC1. The fraction of sp³-hybridized carbons (Fsp3) is 0.727. The fourth-order valence-electron chi connectivity index (χ4n) is 8.21. The number of hydrogen-bond donors (Lipinski definition) is 0. The number of rotatable bonds is 26. The molecule has 0 saturated heterocycles. The Bertz CT molecular complexity index is 1260. The van der Waals surface area contributed by atoms with Crippen LogP contribution in [0, 0.1) is 23.7 Å². The van der Waals surface area contributed by atoms with Gasteiger partial charge < -0.3 is 47.4 Å². The Morgan fingerprint density at radius 1 is 0.448 bits per heavy atom. The molecule has 0 aromatic rings. The number of hydrogen-bond acceptors (Lipinski definition) is 14. The summed E-state index contributed by atoms with van der Waals surface area (Å²) in [6, 6.07) is 0. The van der Waals surface area contributed by atoms with Gasteiger partial charge in [0.15, 0.2) is 0 Å². The topological polar surface area (TPSA) is 161 Å². The molecule has 0 aliphatic heterocycles. The van der Waals surface area contributed by atoms with Gasteiger partial charge in [0.1, 0.15) is 26.4 Å². The summed E-state index contributed by atoms with van der Waals surface area (Å²) in [6.07, 6.45) is 8.76. The molecule has 0 aromatic carbocycles. The molecule has 14 heteroatoms. The van der Waals surface area contributed by atoms with Crippen LogP contribution in [0.4, 0.5) is 0 Å². The van der Waals surface area contributed by atoms with Crippen molar-refractivity contribution in [2.24, 2.45) is 23.7 Å². The van der Waals surface area contributed by atoms with Crippen LogP contribution in [0.1, 0.15) is 78.1 Å². The van der Waals surface area contributed by atoms with Crippen LogP contribution in [-0.4, -0.2) is 129 Å². The average Bonchev–Trinajstić information content (AvgIpc) is 3.21. The molecular weight excluding hydrogens is 752 g/mol. The second kappa shape index (κ2) is 26.6. The molecule has 0 heterocycles. The number of carbonyl (C=O) groups excluding carboxylic acids is 4. The van der Waals surface area contributed by atoms with Gasteiger partial charge in [0, 0.05) is 25.4 Å². The van der Waals surface area contributed by atoms with Crippen molar-refractivity contribution >= 4 is 23.9 Å². The molecule has 0 N–H and O–H groups in total. The zero-order valence-corrected chi connectivity index (χ0v) is 35.3. The van der Waals surface area contributed by atoms with Crippen molar-refractivity contribution in [2.45, 2.75) is 102 Å². The Morgan fingerprint density at radius 2 is 0.759 bits per heavy atom. The van der Waals surface area contributed by atoms with E-state index in [1.165, 1.54) is 14.2 Å². The number of ether oxygens (including phenoxy) is 10. The molecule has 3 aliphatic rings. The Morgan fingerprint density at radius 3 is 1.07 bits per heavy atom. The molecule has 3 fully saturated rings. The van der Waals surface area contributed by atoms with Crippen molar-refractivity contribution < 1.29 is 66.5 Å². The first kappa shape index (κ1) is 49.0. The van der Waals surface area contributed by atoms with E-state index in [0.29, 0.717) is 36.2 Å². The maximum absolute atomic E-state index is 12.1. The highest BCUT2D eigenvalue weighted by molar-refractivity contribution is 5.88. The molecular formula is C44H68O14. The summed E-state index contributed by atoms with van der Waals surface area (Å²) in [4.78, 5) is 48.3. The first-order chi connectivity index (χ1) is 27.8. The zero-order chi connectivity index (χ0) is 42.5. The Balaban J connectivity index is 1.64. The number of methoxy groups -OCH3 is 2. The summed E-state index contributed by atoms with van der Waals surface area (Å²) in [7, 11) is 2.99. The molecule has 0 aromatic heterocycles. The van der Waals surface area contributed by atoms with Crippen LogP contribution in [0.5, 0.6) is 0 Å². The van der Waals surface area contributed by atoms with E-state index in [4.69, 9.17) is 47.4 Å². The van der Waals surface area contributed by atoms with E-state index in [0.717, 1.165) is 64.2 Å². The summed E-state index contributed by atoms with van der Waals surface area (Å²) < 4.78 is 56.6. The van der Waals surface area contributed by atoms with E-state index < -0.39 is 23.9 Å². The smallest absolute Gasteiger partial charge is 0.335 e. The minimum atomic E-state index is -0.488. The van der Waals surface area contributed by atoms with Gasteiger partial charge in [-0.2, -0.15) is 0 Å². The van der Waals surface area contributed by atoms with Gasteiger partial charge in [-0.1, -0.05) is 26.3 Å². The molecule has 328 valence electrons. The van der Waals surface area contributed by atoms with Gasteiger partial charge in [0.05, 0.1) is 75.2 Å². The summed E-state index contributed by atoms with van der Waals surface area (Å²) in [5, 5.41) is 0. The van der Waals surface area contributed by atoms with Crippen LogP contribution in [-0.2, 0) is 66.5 Å². The van der Waals surface area contributed by atoms with E-state index in [2.05, 4.69) is 26.3 Å². The largest absolute Gasteiger partial charge is 0.460 e. The minimum Gasteiger partial charge on any atom is -0.460 e. The highest BCUT2D eigenvalue weighted by Crippen LogP contribution is 2.47. The lowest BCUT2D eigenvalue weighted by atomic mass is 9.63. The molecule has 58 heavy (non-hydrogen) atoms. The molecule has 0 spiro atoms. The lowest BCUT2D eigenvalue weighted by Crippen LogP contribution is -2.48. The maximum atomic E-state index is 12.1. The minimum absolute atomic E-state index is 0.0593. The van der Waals surface area contributed by atoms with Gasteiger partial charge in [-0.25, -0.2) is 19.2 Å². The lowest BCUT2D eigenvalue weighted by Gasteiger charge is -2.48. The Hall–Kier alpha value is -3.40. The highest BCUT2D eigenvalue weighted by atomic mass is 16.6. The van der Waals surface area contributed by atoms with Crippen molar-refractivity contribution in [1.82, 2.24) is 0 Å². The summed E-state index contributed by atoms with van der Waals surface area (Å²) in [5.41, 5.74) is 1.20. The van der Waals surface area contributed by atoms with Crippen LogP contribution >= 0.6 is 0 Å². The Kier molecular flexibility index (Phi) is 22.5. The van der Waals surface area contributed by atoms with Gasteiger partial charge in [0.25, 0.3) is 0 Å². The fourth-order valence-corrected chi connectivity index (χ4v) is 8.21. The summed E-state index contributed by atoms with van der Waals surface area (Å²) in [6.45, 7) is 19.9. The van der Waals surface area contributed by atoms with Crippen molar-refractivity contribution in [1.29, 1.82) is 0 Å². The van der Waals surface area contributed by atoms with Crippen LogP contribution in [0.3, 0.4) is 0 Å². The zero-order valence-electron chi connectivity index (χ0n) is 35.3. The first-order valence-corrected chi connectivity index (χ1v) is 20.6. The molecule has 4 atom stereocenters. The second-order valence-corrected chi connectivity index (χ2v) is 15.6. The van der Waals surface area contributed by atoms with E-state index in [1.54, 1.807) is 13.8 Å². The van der Waals surface area contributed by atoms with Gasteiger partial charge in [-0.15, -0.1) is 0 Å². The third-order valence-corrected chi connectivity index (χ3v) is 11.2. The van der Waals surface area contributed by atoms with Crippen molar-refractivity contribution in [2.75, 3.05) is 80.3 Å². The molecule has 3 rings (SSSR count). The summed E-state index contributed by atoms with van der Waals surface area (Å²) in [5.74, 6) is -0.767. The van der Waals surface area contributed by atoms with Gasteiger partial charge in [0.2, 0.25) is 0 Å². The lowest BCUT2D eigenvalue weighted by molar-refractivity contribution is -0.154. The monoisotopic (exact) mass is 820 g/mol. The van der Waals surface area contributed by atoms with Crippen molar-refractivity contribution in [3.05, 3.63) is 48.6 Å². The molecule has 3 aliphatic carbocycles. The van der Waals surface area contributed by atoms with E-state index in [9.17, 15) is 19.2 Å². The molecule has 0 amide bonds. The predicted octanol–water partition coefficient (Wildman–Crippen LogP) is 5.66. The summed E-state index contributed by atoms with van der Waals surface area (Å²) >= 11 is 0. The normalized spacial score (nSPS) is 25.9. The predicted molar refractivity (Wildman–Crippen MR) is 215 cm³/mol. The van der Waals surface area contributed by atoms with Crippen molar-refractivity contribution in [3.63, 3.8) is 0 Å². The third kappa shape index (κ3) is 17.1. The molecule has 14 nitrogen and oxygen atoms in total. The van der Waals surface area contributed by atoms with Crippen molar-refractivity contribution in [3.8, 4) is 0 Å². The average molecular weight is 821 g/mol. The van der Waals surface area contributed by atoms with Gasteiger partial charge in [-0.05, 0) is 102 Å². The quantitative estimate of drug-likeness (QED) is 0.0455. The van der Waals surface area contributed by atoms with Crippen LogP contribution in [0.15, 0.2) is 48.6 Å². The second-order valence-electron chi connectivity index (χ2n) is 15.6. The number of esters is 4. The molecule has 0 bridgehead atoms. The number of carbonyl (C=O) groups is 4. The first-order valence-electron chi connectivity index (χ1n) is 20.6. The Labute approximate surface area is 344 Å². The highest BCUT2D eigenvalue weighted by Gasteiger charge is 2.45. The molecule has 0 radical (unpaired) electrons. The van der Waals surface area contributed by atoms with Crippen LogP contribution in [0.2, 0.25) is 0 Å². The molecule has 3 saturated carbocycles. The molecule has 4 unspecified atom stereocenters. The van der Waals surface area contributed by atoms with Gasteiger partial charge >= 0.3 is 23.9 Å². The third-order valence-electron chi connectivity index (χ3n) is 11.2. The maximum Gasteiger partial charge on any atom is 0.335 e. The van der Waals surface area contributed by atoms with Crippen LogP contribution in [0.25, 0.3) is 0 Å². The van der Waals surface area contributed by atoms with E-state index >= 15 is 0 Å². The standard InChI is InChI=1S/C44H68O14/c1-29(2)41(45)55-23-19-53-39-25-38(34-11-15-36(16-12-34)52-18-22-58-44(48)32(6)28-50-8)40(54-20-24-56-42(46)30(3)4)26-37(39)33-9-13-35(14-10-33)51-17-21-57-43(47)31(5)27-49-7/h33-40H,1,3,5-6,9-28H2,2,4,7-8H3.